The predicted octanol–water partition coefficient (Wildman–Crippen LogP) is 2.46. The molecular formula is C24H36N6O3. The number of hydrogen-bond donors (Lipinski definition) is 2. The van der Waals surface area contributed by atoms with E-state index in [-0.39, 0.29) is 17.9 Å². The molecule has 1 aliphatic rings. The third kappa shape index (κ3) is 5.52. The second-order valence-electron chi connectivity index (χ2n) is 9.88. The molecule has 3 heterocycles. The monoisotopic (exact) mass is 456 g/mol. The zero-order valence-corrected chi connectivity index (χ0v) is 20.7. The summed E-state index contributed by atoms with van der Waals surface area (Å²) in [6.45, 7) is 11.9. The summed E-state index contributed by atoms with van der Waals surface area (Å²) < 4.78 is 8.03. The Kier molecular flexibility index (Phi) is 7.41. The number of carbonyl (C=O) groups excluding carboxylic acids is 2. The van der Waals surface area contributed by atoms with Crippen LogP contribution in [0.4, 0.5) is 0 Å². The third-order valence-electron chi connectivity index (χ3n) is 5.64. The molecule has 0 aromatic carbocycles. The molecule has 2 aromatic rings. The summed E-state index contributed by atoms with van der Waals surface area (Å²) in [4.78, 5) is 37.4. The Bertz CT molecular complexity index is 1010. The summed E-state index contributed by atoms with van der Waals surface area (Å²) in [7, 11) is 3.60. The zero-order valence-electron chi connectivity index (χ0n) is 20.7. The highest BCUT2D eigenvalue weighted by Crippen LogP contribution is 2.32. The zero-order chi connectivity index (χ0) is 24.3. The van der Waals surface area contributed by atoms with Crippen LogP contribution in [0.1, 0.15) is 57.2 Å². The Morgan fingerprint density at radius 3 is 2.58 bits per heavy atom. The number of nitrogens with one attached hydrogen (secondary N) is 2. The molecular weight excluding hydrogens is 420 g/mol. The minimum Gasteiger partial charge on any atom is -0.474 e. The lowest BCUT2D eigenvalue weighted by Gasteiger charge is -2.29. The van der Waals surface area contributed by atoms with Gasteiger partial charge in [-0.25, -0.2) is 9.97 Å². The largest absolute Gasteiger partial charge is 0.474 e. The van der Waals surface area contributed by atoms with Gasteiger partial charge in [-0.15, -0.1) is 0 Å². The molecule has 3 rings (SSSR count). The molecule has 180 valence electrons. The molecule has 0 fully saturated rings. The van der Waals surface area contributed by atoms with Gasteiger partial charge < -0.3 is 24.8 Å². The molecule has 0 aliphatic carbocycles. The summed E-state index contributed by atoms with van der Waals surface area (Å²) >= 11 is 0. The van der Waals surface area contributed by atoms with Crippen LogP contribution in [0, 0.1) is 5.41 Å². The molecule has 2 aromatic heterocycles. The lowest BCUT2D eigenvalue weighted by Crippen LogP contribution is -2.53. The van der Waals surface area contributed by atoms with Crippen molar-refractivity contribution in [1.82, 2.24) is 30.1 Å². The average Bonchev–Trinajstić information content (AvgIpc) is 2.96. The van der Waals surface area contributed by atoms with Crippen molar-refractivity contribution in [2.45, 2.75) is 66.3 Å². The predicted molar refractivity (Wildman–Crippen MR) is 127 cm³/mol. The Balaban J connectivity index is 2.10. The first-order valence-electron chi connectivity index (χ1n) is 11.4. The molecule has 9 heteroatoms. The van der Waals surface area contributed by atoms with Crippen molar-refractivity contribution in [2.75, 3.05) is 20.6 Å². The number of hydrogen-bond acceptors (Lipinski definition) is 6. The van der Waals surface area contributed by atoms with Gasteiger partial charge in [0.1, 0.15) is 11.9 Å². The second-order valence-corrected chi connectivity index (χ2v) is 9.88. The average molecular weight is 457 g/mol. The molecule has 0 saturated heterocycles. The van der Waals surface area contributed by atoms with E-state index in [9.17, 15) is 9.59 Å². The highest BCUT2D eigenvalue weighted by molar-refractivity contribution is 5.98. The van der Waals surface area contributed by atoms with Gasteiger partial charge in [0.15, 0.2) is 5.69 Å². The topological polar surface area (TPSA) is 101 Å². The quantitative estimate of drug-likeness (QED) is 0.692. The fraction of sp³-hybridized carbons (Fsp3) is 0.583. The molecule has 0 spiro atoms. The third-order valence-corrected chi connectivity index (χ3v) is 5.64. The number of amides is 2. The highest BCUT2D eigenvalue weighted by atomic mass is 16.5. The van der Waals surface area contributed by atoms with Crippen LogP contribution in [0.2, 0.25) is 0 Å². The van der Waals surface area contributed by atoms with Crippen molar-refractivity contribution in [3.05, 3.63) is 29.7 Å². The van der Waals surface area contributed by atoms with Gasteiger partial charge in [-0.3, -0.25) is 9.59 Å². The van der Waals surface area contributed by atoms with Crippen molar-refractivity contribution in [1.29, 1.82) is 0 Å². The van der Waals surface area contributed by atoms with Crippen LogP contribution in [0.3, 0.4) is 0 Å². The molecule has 9 nitrogen and oxygen atoms in total. The van der Waals surface area contributed by atoms with E-state index in [2.05, 4.69) is 25.1 Å². The van der Waals surface area contributed by atoms with Gasteiger partial charge in [0.05, 0.1) is 17.4 Å². The van der Waals surface area contributed by atoms with Crippen LogP contribution in [0.5, 0.6) is 5.88 Å². The lowest BCUT2D eigenvalue weighted by molar-refractivity contribution is -0.124. The number of carbonyl (C=O) groups is 2. The smallest absolute Gasteiger partial charge is 0.272 e. The van der Waals surface area contributed by atoms with Crippen LogP contribution >= 0.6 is 0 Å². The summed E-state index contributed by atoms with van der Waals surface area (Å²) in [5.74, 6) is 0.543. The Morgan fingerprint density at radius 1 is 1.21 bits per heavy atom. The van der Waals surface area contributed by atoms with E-state index >= 15 is 0 Å². The maximum Gasteiger partial charge on any atom is 0.272 e. The SMILES string of the molecule is CNC(=O)C(NC(=O)c1nc(-c2cccnc2OC(C)C)n2c1CN(C)CCC2)C(C)(C)C. The molecule has 2 amide bonds. The van der Waals surface area contributed by atoms with E-state index in [0.717, 1.165) is 30.8 Å². The summed E-state index contributed by atoms with van der Waals surface area (Å²) in [6.07, 6.45) is 2.56. The van der Waals surface area contributed by atoms with Crippen molar-refractivity contribution < 1.29 is 14.3 Å². The maximum atomic E-state index is 13.5. The Hall–Kier alpha value is -2.94. The maximum absolute atomic E-state index is 13.5. The van der Waals surface area contributed by atoms with Crippen LogP contribution in [0.15, 0.2) is 18.3 Å². The van der Waals surface area contributed by atoms with Crippen LogP contribution in [-0.4, -0.2) is 64.0 Å². The normalized spacial score (nSPS) is 15.5. The van der Waals surface area contributed by atoms with Gasteiger partial charge in [0, 0.05) is 26.3 Å². The van der Waals surface area contributed by atoms with Gasteiger partial charge in [0.2, 0.25) is 11.8 Å². The summed E-state index contributed by atoms with van der Waals surface area (Å²) in [6, 6.07) is 3.06. The van der Waals surface area contributed by atoms with E-state index in [1.807, 2.05) is 53.8 Å². The molecule has 1 atom stereocenters. The molecule has 1 unspecified atom stereocenters. The number of imidazole rings is 1. The van der Waals surface area contributed by atoms with Crippen molar-refractivity contribution >= 4 is 11.8 Å². The van der Waals surface area contributed by atoms with Gasteiger partial charge in [-0.2, -0.15) is 0 Å². The number of ether oxygens (including phenoxy) is 1. The summed E-state index contributed by atoms with van der Waals surface area (Å²) in [5.41, 5.74) is 1.44. The first kappa shape index (κ1) is 24.7. The van der Waals surface area contributed by atoms with Crippen molar-refractivity contribution in [2.24, 2.45) is 5.41 Å². The number of aromatic nitrogens is 3. The van der Waals surface area contributed by atoms with Crippen LogP contribution in [-0.2, 0) is 17.9 Å². The van der Waals surface area contributed by atoms with E-state index in [0.29, 0.717) is 23.9 Å². The minimum absolute atomic E-state index is 0.0498. The molecule has 0 saturated carbocycles. The van der Waals surface area contributed by atoms with Gasteiger partial charge in [-0.1, -0.05) is 20.8 Å². The van der Waals surface area contributed by atoms with Crippen LogP contribution in [0.25, 0.3) is 11.4 Å². The van der Waals surface area contributed by atoms with E-state index in [1.165, 1.54) is 0 Å². The minimum atomic E-state index is -0.697. The molecule has 0 bridgehead atoms. The van der Waals surface area contributed by atoms with Crippen molar-refractivity contribution in [3.63, 3.8) is 0 Å². The van der Waals surface area contributed by atoms with E-state index in [1.54, 1.807) is 13.2 Å². The summed E-state index contributed by atoms with van der Waals surface area (Å²) in [5, 5.41) is 5.58. The number of likely N-dealkylation sites (N-methyl/N-ethyl adjacent to an activating group) is 1. The first-order valence-corrected chi connectivity index (χ1v) is 11.4. The fourth-order valence-corrected chi connectivity index (χ4v) is 4.01. The molecule has 1 aliphatic heterocycles. The molecule has 33 heavy (non-hydrogen) atoms. The number of rotatable bonds is 6. The standard InChI is InChI=1S/C24H36N6O3/c1-15(2)33-23-16(10-8-11-26-23)20-27-18(17-14-29(7)12-9-13-30(17)20)21(31)28-19(22(32)25-6)24(3,4)5/h8,10-11,15,19H,9,12-14H2,1-7H3,(H,25,32)(H,28,31). The number of fused-ring (bicyclic) bond motifs is 1. The number of pyridine rings is 1. The number of nitrogens with zero attached hydrogens (tertiary/aromatic N) is 4. The molecule has 0 radical (unpaired) electrons. The van der Waals surface area contributed by atoms with E-state index < -0.39 is 11.5 Å². The van der Waals surface area contributed by atoms with Crippen molar-refractivity contribution in [3.8, 4) is 17.3 Å². The van der Waals surface area contributed by atoms with Crippen LogP contribution < -0.4 is 15.4 Å². The van der Waals surface area contributed by atoms with Gasteiger partial charge >= 0.3 is 0 Å². The Morgan fingerprint density at radius 2 is 1.94 bits per heavy atom. The fourth-order valence-electron chi connectivity index (χ4n) is 4.01. The second kappa shape index (κ2) is 9.91. The first-order chi connectivity index (χ1) is 15.5. The lowest BCUT2D eigenvalue weighted by atomic mass is 9.86. The van der Waals surface area contributed by atoms with E-state index in [4.69, 9.17) is 9.72 Å². The Labute approximate surface area is 195 Å². The molecule has 2 N–H and O–H groups in total. The van der Waals surface area contributed by atoms with Gasteiger partial charge in [0.25, 0.3) is 5.91 Å². The van der Waals surface area contributed by atoms with Gasteiger partial charge in [-0.05, 0) is 51.4 Å². The highest BCUT2D eigenvalue weighted by Gasteiger charge is 2.35.